The Kier molecular flexibility index (Phi) is 2.53. The van der Waals surface area contributed by atoms with E-state index < -0.39 is 5.91 Å². The molecule has 0 aliphatic carbocycles. The lowest BCUT2D eigenvalue weighted by atomic mass is 10.3. The van der Waals surface area contributed by atoms with Crippen LogP contribution in [0.3, 0.4) is 0 Å². The van der Waals surface area contributed by atoms with Gasteiger partial charge in [-0.2, -0.15) is 16.9 Å². The van der Waals surface area contributed by atoms with Crippen LogP contribution in [0.5, 0.6) is 0 Å². The van der Waals surface area contributed by atoms with Crippen LogP contribution in [0.1, 0.15) is 16.1 Å². The van der Waals surface area contributed by atoms with Gasteiger partial charge in [0.15, 0.2) is 0 Å². The highest BCUT2D eigenvalue weighted by atomic mass is 32.2. The van der Waals surface area contributed by atoms with Crippen molar-refractivity contribution in [3.05, 3.63) is 17.5 Å². The molecule has 4 nitrogen and oxygen atoms in total. The minimum absolute atomic E-state index is 0.416. The second kappa shape index (κ2) is 3.43. The van der Waals surface area contributed by atoms with Gasteiger partial charge in [0.05, 0.1) is 6.20 Å². The molecule has 0 saturated carbocycles. The van der Waals surface area contributed by atoms with E-state index in [-0.39, 0.29) is 0 Å². The van der Waals surface area contributed by atoms with Crippen molar-refractivity contribution < 1.29 is 4.79 Å². The number of nitrogens with two attached hydrogens (primary N) is 1. The van der Waals surface area contributed by atoms with E-state index >= 15 is 0 Å². The lowest BCUT2D eigenvalue weighted by Crippen LogP contribution is -2.13. The first-order valence-corrected chi connectivity index (χ1v) is 4.46. The standard InChI is InChI=1S/C6H9N3OS/c1-11-3-4-2-8-9-5(4)6(7)10/h2H,3H2,1H3,(H2,7,10)(H,8,9). The van der Waals surface area contributed by atoms with Crippen molar-refractivity contribution in [1.82, 2.24) is 10.2 Å². The molecule has 0 fully saturated rings. The third kappa shape index (κ3) is 1.74. The summed E-state index contributed by atoms with van der Waals surface area (Å²) in [5.41, 5.74) is 6.35. The fraction of sp³-hybridized carbons (Fsp3) is 0.333. The molecule has 1 amide bonds. The van der Waals surface area contributed by atoms with Gasteiger partial charge < -0.3 is 5.73 Å². The number of hydrogen-bond donors (Lipinski definition) is 2. The van der Waals surface area contributed by atoms with Crippen LogP contribution in [-0.4, -0.2) is 22.4 Å². The fourth-order valence-electron chi connectivity index (χ4n) is 0.789. The molecule has 0 saturated heterocycles. The monoisotopic (exact) mass is 171 g/mol. The first-order chi connectivity index (χ1) is 5.25. The number of nitrogens with zero attached hydrogens (tertiary/aromatic N) is 1. The van der Waals surface area contributed by atoms with E-state index in [1.165, 1.54) is 0 Å². The Hall–Kier alpha value is -0.970. The number of primary amides is 1. The summed E-state index contributed by atoms with van der Waals surface area (Å²) in [5.74, 6) is 0.306. The van der Waals surface area contributed by atoms with Crippen LogP contribution >= 0.6 is 11.8 Å². The molecular formula is C6H9N3OS. The van der Waals surface area contributed by atoms with Crippen LogP contribution in [0.2, 0.25) is 0 Å². The zero-order valence-corrected chi connectivity index (χ0v) is 6.94. The molecule has 0 aromatic carbocycles. The minimum Gasteiger partial charge on any atom is -0.364 e. The van der Waals surface area contributed by atoms with Gasteiger partial charge in [0, 0.05) is 11.3 Å². The Bertz CT molecular complexity index is 258. The molecular weight excluding hydrogens is 162 g/mol. The first-order valence-electron chi connectivity index (χ1n) is 3.06. The van der Waals surface area contributed by atoms with Crippen LogP contribution in [-0.2, 0) is 5.75 Å². The highest BCUT2D eigenvalue weighted by Gasteiger charge is 2.08. The molecule has 0 unspecified atom stereocenters. The maximum atomic E-state index is 10.7. The Morgan fingerprint density at radius 3 is 3.18 bits per heavy atom. The summed E-state index contributed by atoms with van der Waals surface area (Å²) in [7, 11) is 0. The summed E-state index contributed by atoms with van der Waals surface area (Å²) >= 11 is 1.62. The molecule has 0 atom stereocenters. The molecule has 0 aliphatic heterocycles. The van der Waals surface area contributed by atoms with Gasteiger partial charge in [-0.15, -0.1) is 0 Å². The van der Waals surface area contributed by atoms with Crippen LogP contribution in [0.4, 0.5) is 0 Å². The third-order valence-electron chi connectivity index (χ3n) is 1.26. The molecule has 3 N–H and O–H groups in total. The lowest BCUT2D eigenvalue weighted by molar-refractivity contribution is 0.0995. The molecule has 1 aromatic rings. The molecule has 1 heterocycles. The quantitative estimate of drug-likeness (QED) is 0.690. The second-order valence-corrected chi connectivity index (χ2v) is 2.93. The lowest BCUT2D eigenvalue weighted by Gasteiger charge is -1.94. The van der Waals surface area contributed by atoms with Crippen LogP contribution in [0.15, 0.2) is 6.20 Å². The van der Waals surface area contributed by atoms with E-state index in [2.05, 4.69) is 10.2 Å². The Morgan fingerprint density at radius 1 is 1.91 bits per heavy atom. The zero-order chi connectivity index (χ0) is 8.27. The molecule has 0 spiro atoms. The van der Waals surface area contributed by atoms with Gasteiger partial charge in [0.1, 0.15) is 5.69 Å². The number of aromatic amines is 1. The SMILES string of the molecule is CSCc1cn[nH]c1C(N)=O. The summed E-state index contributed by atoms with van der Waals surface area (Å²) in [4.78, 5) is 10.7. The van der Waals surface area contributed by atoms with Gasteiger partial charge in [0.25, 0.3) is 5.91 Å². The number of carbonyl (C=O) groups excluding carboxylic acids is 1. The van der Waals surface area contributed by atoms with E-state index in [0.29, 0.717) is 5.69 Å². The molecule has 0 bridgehead atoms. The number of amides is 1. The number of thioether (sulfide) groups is 1. The predicted molar refractivity (Wildman–Crippen MR) is 44.3 cm³/mol. The van der Waals surface area contributed by atoms with Gasteiger partial charge in [0.2, 0.25) is 0 Å². The van der Waals surface area contributed by atoms with Crippen molar-refractivity contribution in [2.45, 2.75) is 5.75 Å². The number of aromatic nitrogens is 2. The molecule has 1 aromatic heterocycles. The zero-order valence-electron chi connectivity index (χ0n) is 6.13. The predicted octanol–water partition coefficient (Wildman–Crippen LogP) is 0.372. The van der Waals surface area contributed by atoms with Crippen molar-refractivity contribution in [3.8, 4) is 0 Å². The minimum atomic E-state index is -0.452. The van der Waals surface area contributed by atoms with Crippen molar-refractivity contribution in [3.63, 3.8) is 0 Å². The third-order valence-corrected chi connectivity index (χ3v) is 1.86. The van der Waals surface area contributed by atoms with E-state index in [0.717, 1.165) is 11.3 Å². The summed E-state index contributed by atoms with van der Waals surface area (Å²) in [6.45, 7) is 0. The van der Waals surface area contributed by atoms with E-state index in [9.17, 15) is 4.79 Å². The Morgan fingerprint density at radius 2 is 2.64 bits per heavy atom. The van der Waals surface area contributed by atoms with Gasteiger partial charge in [-0.3, -0.25) is 9.89 Å². The number of carbonyl (C=O) groups is 1. The topological polar surface area (TPSA) is 71.8 Å². The molecule has 11 heavy (non-hydrogen) atoms. The maximum absolute atomic E-state index is 10.7. The largest absolute Gasteiger partial charge is 0.364 e. The first kappa shape index (κ1) is 8.13. The van der Waals surface area contributed by atoms with Crippen LogP contribution in [0.25, 0.3) is 0 Å². The van der Waals surface area contributed by atoms with Crippen molar-refractivity contribution >= 4 is 17.7 Å². The van der Waals surface area contributed by atoms with Crippen molar-refractivity contribution in [2.24, 2.45) is 5.73 Å². The van der Waals surface area contributed by atoms with Crippen molar-refractivity contribution in [1.29, 1.82) is 0 Å². The van der Waals surface area contributed by atoms with E-state index in [1.54, 1.807) is 18.0 Å². The Balaban J connectivity index is 2.87. The van der Waals surface area contributed by atoms with Gasteiger partial charge >= 0.3 is 0 Å². The molecule has 5 heteroatoms. The normalized spacial score (nSPS) is 9.91. The summed E-state index contributed by atoms with van der Waals surface area (Å²) in [6, 6.07) is 0. The van der Waals surface area contributed by atoms with E-state index in [4.69, 9.17) is 5.73 Å². The van der Waals surface area contributed by atoms with E-state index in [1.807, 2.05) is 6.26 Å². The maximum Gasteiger partial charge on any atom is 0.267 e. The van der Waals surface area contributed by atoms with Gasteiger partial charge in [-0.1, -0.05) is 0 Å². The highest BCUT2D eigenvalue weighted by molar-refractivity contribution is 7.97. The smallest absolute Gasteiger partial charge is 0.267 e. The summed E-state index contributed by atoms with van der Waals surface area (Å²) in [6.07, 6.45) is 3.58. The fourth-order valence-corrected chi connectivity index (χ4v) is 1.32. The number of rotatable bonds is 3. The van der Waals surface area contributed by atoms with Crippen LogP contribution in [0, 0.1) is 0 Å². The van der Waals surface area contributed by atoms with Crippen LogP contribution < -0.4 is 5.73 Å². The molecule has 60 valence electrons. The molecule has 0 radical (unpaired) electrons. The van der Waals surface area contributed by atoms with Gasteiger partial charge in [-0.05, 0) is 6.26 Å². The summed E-state index contributed by atoms with van der Waals surface area (Å²) in [5, 5.41) is 6.27. The number of hydrogen-bond acceptors (Lipinski definition) is 3. The molecule has 0 aliphatic rings. The highest BCUT2D eigenvalue weighted by Crippen LogP contribution is 2.10. The second-order valence-electron chi connectivity index (χ2n) is 2.07. The number of H-pyrrole nitrogens is 1. The van der Waals surface area contributed by atoms with Gasteiger partial charge in [-0.25, -0.2) is 0 Å². The Labute approximate surface area is 68.5 Å². The average Bonchev–Trinajstić information content (AvgIpc) is 2.36. The van der Waals surface area contributed by atoms with Crippen molar-refractivity contribution in [2.75, 3.05) is 6.26 Å². The average molecular weight is 171 g/mol. The summed E-state index contributed by atoms with van der Waals surface area (Å²) < 4.78 is 0. The number of nitrogens with one attached hydrogen (secondary N) is 1. The molecule has 1 rings (SSSR count).